The van der Waals surface area contributed by atoms with E-state index < -0.39 is 7.12 Å². The van der Waals surface area contributed by atoms with Gasteiger partial charge in [-0.1, -0.05) is 79.6 Å². The number of carbonyl (C=O) groups is 1. The molecule has 0 saturated carbocycles. The van der Waals surface area contributed by atoms with Crippen molar-refractivity contribution in [3.05, 3.63) is 88.6 Å². The van der Waals surface area contributed by atoms with Crippen LogP contribution in [0.15, 0.2) is 83.0 Å². The topological polar surface area (TPSA) is 78.8 Å². The number of benzene rings is 1. The summed E-state index contributed by atoms with van der Waals surface area (Å²) in [5, 5.41) is 18.2. The summed E-state index contributed by atoms with van der Waals surface area (Å²) in [7, 11) is -1.50. The Bertz CT molecular complexity index is 966. The van der Waals surface area contributed by atoms with Crippen LogP contribution in [0.4, 0.5) is 0 Å². The molecule has 1 aromatic rings. The third-order valence-corrected chi connectivity index (χ3v) is 5.82. The molecular weight excluding hydrogens is 413 g/mol. The highest BCUT2D eigenvalue weighted by atomic mass is 16.6. The largest absolute Gasteiger partial charge is 0.488 e. The van der Waals surface area contributed by atoms with Gasteiger partial charge in [-0.15, -0.1) is 0 Å². The molecule has 6 heteroatoms. The first kappa shape index (κ1) is 26.6. The zero-order valence-corrected chi connectivity index (χ0v) is 20.4. The van der Waals surface area contributed by atoms with E-state index in [1.807, 2.05) is 25.2 Å². The van der Waals surface area contributed by atoms with Gasteiger partial charge in [0, 0.05) is 6.08 Å². The number of amides is 1. The maximum atomic E-state index is 12.0. The minimum atomic E-state index is -1.50. The number of carbonyl (C=O) groups excluding carboxylic acids is 1. The van der Waals surface area contributed by atoms with Crippen LogP contribution in [0.1, 0.15) is 59.4 Å². The van der Waals surface area contributed by atoms with Crippen LogP contribution in [0.2, 0.25) is 0 Å². The van der Waals surface area contributed by atoms with E-state index in [-0.39, 0.29) is 17.9 Å². The molecule has 1 amide bonds. The molecule has 5 nitrogen and oxygen atoms in total. The van der Waals surface area contributed by atoms with Crippen LogP contribution in [0.25, 0.3) is 0 Å². The molecule has 1 aliphatic carbocycles. The van der Waals surface area contributed by atoms with Gasteiger partial charge >= 0.3 is 7.12 Å². The highest BCUT2D eigenvalue weighted by Gasteiger charge is 2.26. The number of nitrogens with one attached hydrogen (secondary N) is 1. The van der Waals surface area contributed by atoms with Gasteiger partial charge in [-0.2, -0.15) is 0 Å². The number of rotatable bonds is 9. The molecule has 176 valence electrons. The third-order valence-electron chi connectivity index (χ3n) is 5.82. The van der Waals surface area contributed by atoms with Gasteiger partial charge in [0.25, 0.3) is 5.91 Å². The second-order valence-electron chi connectivity index (χ2n) is 9.29. The van der Waals surface area contributed by atoms with E-state index in [0.717, 1.165) is 16.7 Å². The van der Waals surface area contributed by atoms with Crippen molar-refractivity contribution in [2.45, 2.75) is 60.5 Å². The van der Waals surface area contributed by atoms with Crippen LogP contribution in [0, 0.1) is 5.41 Å². The van der Waals surface area contributed by atoms with Crippen molar-refractivity contribution >= 4 is 18.5 Å². The Kier molecular flexibility index (Phi) is 10.1. The van der Waals surface area contributed by atoms with Crippen LogP contribution in [0.5, 0.6) is 0 Å². The van der Waals surface area contributed by atoms with Gasteiger partial charge in [0.1, 0.15) is 0 Å². The minimum Gasteiger partial charge on any atom is -0.423 e. The summed E-state index contributed by atoms with van der Waals surface area (Å²) >= 11 is 0. The average molecular weight is 449 g/mol. The fraction of sp³-hybridized carbons (Fsp3) is 0.370. The predicted octanol–water partition coefficient (Wildman–Crippen LogP) is 4.45. The third kappa shape index (κ3) is 9.01. The van der Waals surface area contributed by atoms with Gasteiger partial charge in [-0.25, -0.2) is 5.48 Å². The van der Waals surface area contributed by atoms with Crippen LogP contribution in [-0.2, 0) is 16.2 Å². The fourth-order valence-electron chi connectivity index (χ4n) is 3.89. The highest BCUT2D eigenvalue weighted by Crippen LogP contribution is 2.40. The normalized spacial score (nSPS) is 17.2. The van der Waals surface area contributed by atoms with Crippen molar-refractivity contribution in [1.29, 1.82) is 0 Å². The lowest BCUT2D eigenvalue weighted by Gasteiger charge is -2.32. The molecule has 0 aliphatic heterocycles. The maximum absolute atomic E-state index is 12.0. The van der Waals surface area contributed by atoms with E-state index in [2.05, 4.69) is 45.3 Å². The van der Waals surface area contributed by atoms with Crippen molar-refractivity contribution in [3.63, 3.8) is 0 Å². The fourth-order valence-corrected chi connectivity index (χ4v) is 3.89. The maximum Gasteiger partial charge on any atom is 0.488 e. The molecule has 2 rings (SSSR count). The Balaban J connectivity index is 1.83. The lowest BCUT2D eigenvalue weighted by atomic mass is 9.72. The Morgan fingerprint density at radius 2 is 1.85 bits per heavy atom. The van der Waals surface area contributed by atoms with Crippen molar-refractivity contribution in [2.75, 3.05) is 0 Å². The summed E-state index contributed by atoms with van der Waals surface area (Å²) in [6.45, 7) is 11.0. The van der Waals surface area contributed by atoms with Crippen LogP contribution < -0.4 is 10.9 Å². The zero-order valence-electron chi connectivity index (χ0n) is 20.4. The highest BCUT2D eigenvalue weighted by molar-refractivity contribution is 6.58. The second-order valence-corrected chi connectivity index (χ2v) is 9.29. The summed E-state index contributed by atoms with van der Waals surface area (Å²) in [5.74, 6) is -0.345. The lowest BCUT2D eigenvalue weighted by molar-refractivity contribution is -0.129. The lowest BCUT2D eigenvalue weighted by Crippen LogP contribution is -2.29. The Hall–Kier alpha value is -2.67. The zero-order chi connectivity index (χ0) is 24.4. The Morgan fingerprint density at radius 3 is 2.48 bits per heavy atom. The van der Waals surface area contributed by atoms with Crippen LogP contribution in [-0.4, -0.2) is 23.1 Å². The van der Waals surface area contributed by atoms with Crippen molar-refractivity contribution in [1.82, 2.24) is 5.48 Å². The molecule has 0 spiro atoms. The van der Waals surface area contributed by atoms with E-state index in [9.17, 15) is 4.79 Å². The summed E-state index contributed by atoms with van der Waals surface area (Å²) in [6, 6.07) is 6.61. The molecule has 0 saturated heterocycles. The summed E-state index contributed by atoms with van der Waals surface area (Å²) < 4.78 is 0. The molecule has 0 radical (unpaired) electrons. The molecule has 0 fully saturated rings. The van der Waals surface area contributed by atoms with Gasteiger partial charge in [0.2, 0.25) is 0 Å². The predicted molar refractivity (Wildman–Crippen MR) is 135 cm³/mol. The van der Waals surface area contributed by atoms with Gasteiger partial charge in [0.05, 0.1) is 6.61 Å². The minimum absolute atomic E-state index is 0.178. The molecular formula is C27H36BNO4. The first-order valence-electron chi connectivity index (χ1n) is 11.4. The molecule has 1 aromatic carbocycles. The van der Waals surface area contributed by atoms with E-state index in [4.69, 9.17) is 14.9 Å². The monoisotopic (exact) mass is 449 g/mol. The van der Waals surface area contributed by atoms with Crippen LogP contribution in [0.3, 0.4) is 0 Å². The molecule has 0 bridgehead atoms. The standard InChI is InChI=1S/C27H36BNO4/c1-20(11-16-25-22(3)10-7-17-27(25,4)5)8-6-9-21(2)18-26(30)29-33-19-23-12-14-24(15-13-23)28(31)32/h6,8-9,11-16,18,31-32H,7,10,17,19H2,1-5H3,(H,29,30)/b9-6+,16-11+,20-8+,21-18+. The van der Waals surface area contributed by atoms with E-state index >= 15 is 0 Å². The van der Waals surface area contributed by atoms with Crippen LogP contribution >= 0.6 is 0 Å². The molecule has 1 aliphatic rings. The van der Waals surface area contributed by atoms with E-state index in [1.165, 1.54) is 36.5 Å². The molecule has 33 heavy (non-hydrogen) atoms. The summed E-state index contributed by atoms with van der Waals surface area (Å²) in [4.78, 5) is 17.2. The number of hydrogen-bond acceptors (Lipinski definition) is 4. The molecule has 0 aromatic heterocycles. The summed E-state index contributed by atoms with van der Waals surface area (Å²) in [5.41, 5.74) is 8.70. The first-order valence-corrected chi connectivity index (χ1v) is 11.4. The second kappa shape index (κ2) is 12.5. The van der Waals surface area contributed by atoms with Gasteiger partial charge < -0.3 is 10.0 Å². The van der Waals surface area contributed by atoms with Crippen molar-refractivity contribution in [2.24, 2.45) is 5.41 Å². The smallest absolute Gasteiger partial charge is 0.423 e. The number of hydroxylamine groups is 1. The van der Waals surface area contributed by atoms with E-state index in [1.54, 1.807) is 24.3 Å². The number of hydrogen-bond donors (Lipinski definition) is 3. The summed E-state index contributed by atoms with van der Waals surface area (Å²) in [6.07, 6.45) is 15.4. The quantitative estimate of drug-likeness (QED) is 0.225. The molecule has 3 N–H and O–H groups in total. The molecule has 0 heterocycles. The van der Waals surface area contributed by atoms with Crippen molar-refractivity contribution in [3.8, 4) is 0 Å². The Labute approximate surface area is 198 Å². The number of allylic oxidation sites excluding steroid dienone is 9. The SMILES string of the molecule is CC1=C(/C=C/C(C)=C/C=C/C(C)=C/C(=O)NOCc2ccc(B(O)O)cc2)C(C)(C)CCC1. The molecule has 0 unspecified atom stereocenters. The van der Waals surface area contributed by atoms with Crippen molar-refractivity contribution < 1.29 is 19.7 Å². The van der Waals surface area contributed by atoms with Gasteiger partial charge in [-0.3, -0.25) is 9.63 Å². The average Bonchev–Trinajstić information content (AvgIpc) is 2.73. The Morgan fingerprint density at radius 1 is 1.15 bits per heavy atom. The van der Waals surface area contributed by atoms with Gasteiger partial charge in [-0.05, 0) is 67.6 Å². The first-order chi connectivity index (χ1) is 15.6. The molecule has 0 atom stereocenters. The van der Waals surface area contributed by atoms with E-state index in [0.29, 0.717) is 5.46 Å². The van der Waals surface area contributed by atoms with Gasteiger partial charge in [0.15, 0.2) is 0 Å².